The van der Waals surface area contributed by atoms with E-state index in [9.17, 15) is 15.0 Å². The van der Waals surface area contributed by atoms with Crippen LogP contribution in [0.4, 0.5) is 11.4 Å². The van der Waals surface area contributed by atoms with Crippen molar-refractivity contribution in [2.24, 2.45) is 0 Å². The maximum atomic E-state index is 12.0. The van der Waals surface area contributed by atoms with E-state index in [4.69, 9.17) is 11.6 Å². The van der Waals surface area contributed by atoms with Crippen molar-refractivity contribution in [3.63, 3.8) is 0 Å². The number of aliphatic hydroxyl groups is 2. The van der Waals surface area contributed by atoms with Crippen LogP contribution in [0.25, 0.3) is 0 Å². The van der Waals surface area contributed by atoms with Gasteiger partial charge in [-0.05, 0) is 18.7 Å². The van der Waals surface area contributed by atoms with E-state index in [1.165, 1.54) is 0 Å². The van der Waals surface area contributed by atoms with Crippen LogP contribution in [0.15, 0.2) is 12.1 Å². The quantitative estimate of drug-likeness (QED) is 0.653. The monoisotopic (exact) mass is 311 g/mol. The zero-order valence-corrected chi connectivity index (χ0v) is 12.4. The predicted molar refractivity (Wildman–Crippen MR) is 80.7 cm³/mol. The molecule has 3 rings (SSSR count). The first-order chi connectivity index (χ1) is 10.0. The Hall–Kier alpha value is -1.34. The Labute approximate surface area is 127 Å². The molecule has 0 spiro atoms. The summed E-state index contributed by atoms with van der Waals surface area (Å²) in [6.07, 6.45) is -1.56. The summed E-state index contributed by atoms with van der Waals surface area (Å²) in [7, 11) is 0. The molecule has 0 saturated carbocycles. The summed E-state index contributed by atoms with van der Waals surface area (Å²) in [6.45, 7) is 3.27. The number of nitrogens with one attached hydrogen (secondary N) is 2. The Morgan fingerprint density at radius 1 is 1.38 bits per heavy atom. The number of carbonyl (C=O) groups is 1. The van der Waals surface area contributed by atoms with E-state index in [1.807, 2.05) is 11.8 Å². The molecule has 7 heteroatoms. The molecular weight excluding hydrogens is 294 g/mol. The number of hydrogen-bond donors (Lipinski definition) is 4. The summed E-state index contributed by atoms with van der Waals surface area (Å²) in [5, 5.41) is 25.8. The lowest BCUT2D eigenvalue weighted by molar-refractivity contribution is -0.117. The minimum absolute atomic E-state index is 0.0958. The molecule has 4 N–H and O–H groups in total. The van der Waals surface area contributed by atoms with Crippen molar-refractivity contribution in [2.75, 3.05) is 29.9 Å². The number of amides is 1. The highest BCUT2D eigenvalue weighted by Gasteiger charge is 2.34. The SMILES string of the molecule is CCNC1C(=O)Nc2cc(N3CC(O)C(O)C3)c(Cl)cc21. The van der Waals surface area contributed by atoms with Crippen molar-refractivity contribution in [1.29, 1.82) is 0 Å². The molecule has 1 aromatic rings. The second kappa shape index (κ2) is 5.46. The third-order valence-electron chi connectivity index (χ3n) is 3.96. The van der Waals surface area contributed by atoms with Gasteiger partial charge in [-0.3, -0.25) is 4.79 Å². The third kappa shape index (κ3) is 2.48. The van der Waals surface area contributed by atoms with Gasteiger partial charge < -0.3 is 25.7 Å². The Bertz CT molecular complexity index is 571. The fourth-order valence-corrected chi connectivity index (χ4v) is 3.18. The van der Waals surface area contributed by atoms with E-state index >= 15 is 0 Å². The first-order valence-electron chi connectivity index (χ1n) is 7.00. The number of likely N-dealkylation sites (N-methyl/N-ethyl adjacent to an activating group) is 1. The van der Waals surface area contributed by atoms with Gasteiger partial charge in [-0.25, -0.2) is 0 Å². The van der Waals surface area contributed by atoms with Gasteiger partial charge in [-0.15, -0.1) is 0 Å². The Morgan fingerprint density at radius 2 is 2.05 bits per heavy atom. The molecule has 1 fully saturated rings. The summed E-state index contributed by atoms with van der Waals surface area (Å²) < 4.78 is 0. The molecule has 6 nitrogen and oxygen atoms in total. The molecule has 1 amide bonds. The number of carbonyl (C=O) groups excluding carboxylic acids is 1. The molecule has 0 aromatic heterocycles. The number of anilines is 2. The van der Waals surface area contributed by atoms with Gasteiger partial charge in [-0.2, -0.15) is 0 Å². The number of hydrogen-bond acceptors (Lipinski definition) is 5. The van der Waals surface area contributed by atoms with Crippen molar-refractivity contribution in [3.05, 3.63) is 22.7 Å². The lowest BCUT2D eigenvalue weighted by atomic mass is 10.1. The zero-order chi connectivity index (χ0) is 15.1. The van der Waals surface area contributed by atoms with Crippen molar-refractivity contribution in [3.8, 4) is 0 Å². The Balaban J connectivity index is 1.93. The van der Waals surface area contributed by atoms with Gasteiger partial charge in [0.1, 0.15) is 6.04 Å². The Morgan fingerprint density at radius 3 is 2.67 bits per heavy atom. The lowest BCUT2D eigenvalue weighted by Crippen LogP contribution is -2.27. The summed E-state index contributed by atoms with van der Waals surface area (Å²) in [6, 6.07) is 3.19. The first-order valence-corrected chi connectivity index (χ1v) is 7.37. The summed E-state index contributed by atoms with van der Waals surface area (Å²) in [5.41, 5.74) is 2.26. The van der Waals surface area contributed by atoms with Crippen LogP contribution in [-0.2, 0) is 4.79 Å². The molecule has 2 heterocycles. The van der Waals surface area contributed by atoms with E-state index < -0.39 is 12.2 Å². The number of halogens is 1. The minimum atomic E-state index is -0.779. The topological polar surface area (TPSA) is 84.8 Å². The fourth-order valence-electron chi connectivity index (χ4n) is 2.89. The van der Waals surface area contributed by atoms with Crippen LogP contribution in [-0.4, -0.2) is 48.0 Å². The molecule has 0 bridgehead atoms. The normalized spacial score (nSPS) is 27.9. The average molecular weight is 312 g/mol. The Kier molecular flexibility index (Phi) is 3.79. The number of aliphatic hydroxyl groups excluding tert-OH is 2. The summed E-state index contributed by atoms with van der Waals surface area (Å²) >= 11 is 6.32. The van der Waals surface area contributed by atoms with Gasteiger partial charge in [0.15, 0.2) is 0 Å². The maximum absolute atomic E-state index is 12.0. The van der Waals surface area contributed by atoms with E-state index in [1.54, 1.807) is 12.1 Å². The number of benzene rings is 1. The number of nitrogens with zero attached hydrogens (tertiary/aromatic N) is 1. The van der Waals surface area contributed by atoms with Crippen LogP contribution >= 0.6 is 11.6 Å². The second-order valence-corrected chi connectivity index (χ2v) is 5.82. The molecule has 1 saturated heterocycles. The van der Waals surface area contributed by atoms with E-state index in [2.05, 4.69) is 10.6 Å². The van der Waals surface area contributed by atoms with Crippen LogP contribution < -0.4 is 15.5 Å². The summed E-state index contributed by atoms with van der Waals surface area (Å²) in [4.78, 5) is 13.8. The molecule has 21 heavy (non-hydrogen) atoms. The molecule has 0 aliphatic carbocycles. The van der Waals surface area contributed by atoms with Crippen molar-refractivity contribution >= 4 is 28.9 Å². The largest absolute Gasteiger partial charge is 0.389 e. The van der Waals surface area contributed by atoms with Crippen LogP contribution in [0.2, 0.25) is 5.02 Å². The molecule has 3 atom stereocenters. The molecular formula is C14H18ClN3O3. The zero-order valence-electron chi connectivity index (χ0n) is 11.6. The van der Waals surface area contributed by atoms with Crippen LogP contribution in [0, 0.1) is 0 Å². The molecule has 1 aromatic carbocycles. The fraction of sp³-hybridized carbons (Fsp3) is 0.500. The first kappa shape index (κ1) is 14.6. The second-order valence-electron chi connectivity index (χ2n) is 5.41. The maximum Gasteiger partial charge on any atom is 0.246 e. The van der Waals surface area contributed by atoms with E-state index in [0.717, 1.165) is 11.3 Å². The summed E-state index contributed by atoms with van der Waals surface area (Å²) in [5.74, 6) is -0.0958. The van der Waals surface area contributed by atoms with Crippen LogP contribution in [0.3, 0.4) is 0 Å². The lowest BCUT2D eigenvalue weighted by Gasteiger charge is -2.20. The van der Waals surface area contributed by atoms with E-state index in [0.29, 0.717) is 30.3 Å². The number of β-amino-alcohol motifs (C(OH)–C–C–N with tert-alkyl or cyclic N) is 2. The van der Waals surface area contributed by atoms with Gasteiger partial charge in [-0.1, -0.05) is 18.5 Å². The highest BCUT2D eigenvalue weighted by molar-refractivity contribution is 6.33. The molecule has 0 radical (unpaired) electrons. The van der Waals surface area contributed by atoms with Gasteiger partial charge in [0, 0.05) is 24.3 Å². The highest BCUT2D eigenvalue weighted by Crippen LogP contribution is 2.39. The van der Waals surface area contributed by atoms with Crippen LogP contribution in [0.1, 0.15) is 18.5 Å². The average Bonchev–Trinajstić information content (AvgIpc) is 2.91. The van der Waals surface area contributed by atoms with Crippen molar-refractivity contribution in [1.82, 2.24) is 5.32 Å². The molecule has 3 unspecified atom stereocenters. The van der Waals surface area contributed by atoms with E-state index in [-0.39, 0.29) is 11.9 Å². The highest BCUT2D eigenvalue weighted by atomic mass is 35.5. The minimum Gasteiger partial charge on any atom is -0.389 e. The van der Waals surface area contributed by atoms with Crippen molar-refractivity contribution in [2.45, 2.75) is 25.2 Å². The van der Waals surface area contributed by atoms with Crippen molar-refractivity contribution < 1.29 is 15.0 Å². The van der Waals surface area contributed by atoms with Gasteiger partial charge in [0.2, 0.25) is 5.91 Å². The van der Waals surface area contributed by atoms with Gasteiger partial charge in [0.05, 0.1) is 22.9 Å². The van der Waals surface area contributed by atoms with Gasteiger partial charge in [0.25, 0.3) is 0 Å². The standard InChI is InChI=1S/C14H18ClN3O3/c1-2-16-13-7-3-8(15)10(4-9(7)17-14(13)21)18-5-11(19)12(20)6-18/h3-4,11-13,16,19-20H,2,5-6H2,1H3,(H,17,21). The number of rotatable bonds is 3. The smallest absolute Gasteiger partial charge is 0.246 e. The molecule has 2 aliphatic heterocycles. The van der Waals surface area contributed by atoms with Gasteiger partial charge >= 0.3 is 0 Å². The third-order valence-corrected chi connectivity index (χ3v) is 4.26. The predicted octanol–water partition coefficient (Wildman–Crippen LogP) is 0.484. The molecule has 2 aliphatic rings. The van der Waals surface area contributed by atoms with Crippen LogP contribution in [0.5, 0.6) is 0 Å². The molecule has 114 valence electrons. The number of fused-ring (bicyclic) bond motifs is 1.